The Morgan fingerprint density at radius 2 is 1.86 bits per heavy atom. The van der Waals surface area contributed by atoms with E-state index in [0.717, 1.165) is 18.4 Å². The van der Waals surface area contributed by atoms with E-state index in [1.54, 1.807) is 24.3 Å². The molecule has 0 bridgehead atoms. The standard InChI is InChI=1S/C24H27FN6O4S/c1-4-26-24(32)27-18-8-5-16(6-9-18)21-28-22(19-13-17(25)7-10-20(19)36(3,33)34)30-23(29-21)31-11-12-35-14-15(31)2/h5-10,13,15H,4,11-12,14H2,1-3H3,(H2,26,27,32)/t15-/m0/s1. The molecule has 0 saturated carbocycles. The fraction of sp³-hybridized carbons (Fsp3) is 0.333. The summed E-state index contributed by atoms with van der Waals surface area (Å²) in [5.41, 5.74) is 1.24. The van der Waals surface area contributed by atoms with Crippen molar-refractivity contribution in [3.63, 3.8) is 0 Å². The fourth-order valence-corrected chi connectivity index (χ4v) is 4.67. The summed E-state index contributed by atoms with van der Waals surface area (Å²) < 4.78 is 44.6. The molecule has 2 aromatic carbocycles. The monoisotopic (exact) mass is 514 g/mol. The van der Waals surface area contributed by atoms with Gasteiger partial charge >= 0.3 is 6.03 Å². The number of carbonyl (C=O) groups is 1. The maximum atomic E-state index is 14.2. The van der Waals surface area contributed by atoms with Crippen LogP contribution in [0.5, 0.6) is 0 Å². The van der Waals surface area contributed by atoms with Gasteiger partial charge in [-0.05, 0) is 56.3 Å². The van der Waals surface area contributed by atoms with Crippen molar-refractivity contribution in [1.82, 2.24) is 20.3 Å². The van der Waals surface area contributed by atoms with E-state index in [9.17, 15) is 17.6 Å². The van der Waals surface area contributed by atoms with E-state index in [2.05, 4.69) is 25.6 Å². The molecule has 2 amide bonds. The zero-order valence-corrected chi connectivity index (χ0v) is 21.0. The minimum atomic E-state index is -3.69. The normalized spacial score (nSPS) is 16.0. The highest BCUT2D eigenvalue weighted by Crippen LogP contribution is 2.30. The molecule has 1 saturated heterocycles. The van der Waals surface area contributed by atoms with Crippen LogP contribution in [0.4, 0.5) is 20.8 Å². The maximum absolute atomic E-state index is 14.2. The van der Waals surface area contributed by atoms with Gasteiger partial charge in [-0.2, -0.15) is 9.97 Å². The van der Waals surface area contributed by atoms with Crippen LogP contribution in [0.15, 0.2) is 47.4 Å². The summed E-state index contributed by atoms with van der Waals surface area (Å²) in [6.07, 6.45) is 1.05. The summed E-state index contributed by atoms with van der Waals surface area (Å²) in [5, 5.41) is 5.38. The predicted molar refractivity (Wildman–Crippen MR) is 134 cm³/mol. The number of amides is 2. The molecule has 0 spiro atoms. The molecule has 1 atom stereocenters. The molecule has 1 fully saturated rings. The second-order valence-electron chi connectivity index (χ2n) is 8.37. The molecule has 0 radical (unpaired) electrons. The molecule has 190 valence electrons. The van der Waals surface area contributed by atoms with Crippen LogP contribution in [0.3, 0.4) is 0 Å². The smallest absolute Gasteiger partial charge is 0.319 e. The number of aromatic nitrogens is 3. The minimum absolute atomic E-state index is 0.0348. The Bertz CT molecular complexity index is 1370. The maximum Gasteiger partial charge on any atom is 0.319 e. The molecular formula is C24H27FN6O4S. The molecule has 3 aromatic rings. The van der Waals surface area contributed by atoms with E-state index in [1.807, 2.05) is 18.7 Å². The minimum Gasteiger partial charge on any atom is -0.377 e. The third kappa shape index (κ3) is 5.77. The van der Waals surface area contributed by atoms with Crippen LogP contribution in [-0.2, 0) is 14.6 Å². The molecule has 36 heavy (non-hydrogen) atoms. The summed E-state index contributed by atoms with van der Waals surface area (Å²) in [5.74, 6) is 0.0422. The van der Waals surface area contributed by atoms with Crippen molar-refractivity contribution in [2.75, 3.05) is 42.8 Å². The predicted octanol–water partition coefficient (Wildman–Crippen LogP) is 3.11. The molecular weight excluding hydrogens is 487 g/mol. The average Bonchev–Trinajstić information content (AvgIpc) is 2.84. The molecule has 4 rings (SSSR count). The fourth-order valence-electron chi connectivity index (χ4n) is 3.81. The average molecular weight is 515 g/mol. The first kappa shape index (κ1) is 25.5. The number of hydrogen-bond acceptors (Lipinski definition) is 8. The second kappa shape index (κ2) is 10.5. The van der Waals surface area contributed by atoms with E-state index >= 15 is 0 Å². The van der Waals surface area contributed by atoms with Crippen LogP contribution in [0.25, 0.3) is 22.8 Å². The van der Waals surface area contributed by atoms with Gasteiger partial charge in [0.1, 0.15) is 5.82 Å². The summed E-state index contributed by atoms with van der Waals surface area (Å²) in [6, 6.07) is 9.93. The van der Waals surface area contributed by atoms with Gasteiger partial charge in [-0.1, -0.05) is 0 Å². The van der Waals surface area contributed by atoms with Gasteiger partial charge in [0.15, 0.2) is 21.5 Å². The van der Waals surface area contributed by atoms with Crippen molar-refractivity contribution in [3.05, 3.63) is 48.3 Å². The van der Waals surface area contributed by atoms with Crippen LogP contribution >= 0.6 is 0 Å². The number of anilines is 2. The SMILES string of the molecule is CCNC(=O)Nc1ccc(-c2nc(-c3cc(F)ccc3S(C)(=O)=O)nc(N3CCOC[C@@H]3C)n2)cc1. The number of ether oxygens (including phenoxy) is 1. The van der Waals surface area contributed by atoms with Gasteiger partial charge in [0.2, 0.25) is 5.95 Å². The van der Waals surface area contributed by atoms with Crippen molar-refractivity contribution < 1.29 is 22.3 Å². The van der Waals surface area contributed by atoms with E-state index in [0.29, 0.717) is 43.5 Å². The number of rotatable bonds is 6. The topological polar surface area (TPSA) is 126 Å². The molecule has 0 unspecified atom stereocenters. The zero-order chi connectivity index (χ0) is 25.9. The Hall–Kier alpha value is -3.64. The van der Waals surface area contributed by atoms with E-state index in [1.165, 1.54) is 6.07 Å². The number of halogens is 1. The number of sulfone groups is 1. The molecule has 1 aromatic heterocycles. The summed E-state index contributed by atoms with van der Waals surface area (Å²) in [6.45, 7) is 5.77. The first-order valence-corrected chi connectivity index (χ1v) is 13.3. The molecule has 0 aliphatic carbocycles. The Morgan fingerprint density at radius 1 is 1.14 bits per heavy atom. The second-order valence-corrected chi connectivity index (χ2v) is 10.4. The lowest BCUT2D eigenvalue weighted by atomic mass is 10.1. The van der Waals surface area contributed by atoms with Crippen molar-refractivity contribution in [2.24, 2.45) is 0 Å². The number of morpholine rings is 1. The lowest BCUT2D eigenvalue weighted by Gasteiger charge is -2.33. The van der Waals surface area contributed by atoms with Crippen LogP contribution in [-0.4, -0.2) is 68.0 Å². The van der Waals surface area contributed by atoms with Gasteiger partial charge in [0.25, 0.3) is 0 Å². The van der Waals surface area contributed by atoms with Gasteiger partial charge < -0.3 is 20.3 Å². The first-order chi connectivity index (χ1) is 17.2. The van der Waals surface area contributed by atoms with E-state index < -0.39 is 15.7 Å². The van der Waals surface area contributed by atoms with Crippen molar-refractivity contribution in [3.8, 4) is 22.8 Å². The molecule has 2 N–H and O–H groups in total. The van der Waals surface area contributed by atoms with Gasteiger partial charge in [-0.25, -0.2) is 22.6 Å². The summed E-state index contributed by atoms with van der Waals surface area (Å²) >= 11 is 0. The van der Waals surface area contributed by atoms with Gasteiger partial charge in [0.05, 0.1) is 24.2 Å². The number of hydrogen-bond donors (Lipinski definition) is 2. The molecule has 10 nitrogen and oxygen atoms in total. The van der Waals surface area contributed by atoms with Crippen LogP contribution in [0, 0.1) is 5.82 Å². The van der Waals surface area contributed by atoms with Gasteiger partial charge in [-0.15, -0.1) is 0 Å². The van der Waals surface area contributed by atoms with Crippen molar-refractivity contribution >= 4 is 27.5 Å². The molecule has 12 heteroatoms. The largest absolute Gasteiger partial charge is 0.377 e. The third-order valence-electron chi connectivity index (χ3n) is 5.57. The number of nitrogens with zero attached hydrogens (tertiary/aromatic N) is 4. The number of carbonyl (C=O) groups excluding carboxylic acids is 1. The Labute approximate surface area is 208 Å². The number of nitrogens with one attached hydrogen (secondary N) is 2. The van der Waals surface area contributed by atoms with E-state index in [-0.39, 0.29) is 34.2 Å². The Balaban J connectivity index is 1.82. The summed E-state index contributed by atoms with van der Waals surface area (Å²) in [7, 11) is -3.69. The number of urea groups is 1. The third-order valence-corrected chi connectivity index (χ3v) is 6.72. The van der Waals surface area contributed by atoms with Gasteiger partial charge in [0, 0.05) is 36.2 Å². The quantitative estimate of drug-likeness (QED) is 0.481. The Morgan fingerprint density at radius 3 is 2.53 bits per heavy atom. The zero-order valence-electron chi connectivity index (χ0n) is 20.2. The number of benzene rings is 2. The van der Waals surface area contributed by atoms with Crippen LogP contribution in [0.1, 0.15) is 13.8 Å². The lowest BCUT2D eigenvalue weighted by Crippen LogP contribution is -2.44. The molecule has 1 aliphatic heterocycles. The molecule has 2 heterocycles. The lowest BCUT2D eigenvalue weighted by molar-refractivity contribution is 0.0981. The van der Waals surface area contributed by atoms with E-state index in [4.69, 9.17) is 4.74 Å². The van der Waals surface area contributed by atoms with Crippen molar-refractivity contribution in [1.29, 1.82) is 0 Å². The highest BCUT2D eigenvalue weighted by atomic mass is 32.2. The van der Waals surface area contributed by atoms with Gasteiger partial charge in [-0.3, -0.25) is 0 Å². The molecule has 1 aliphatic rings. The van der Waals surface area contributed by atoms with Crippen LogP contribution in [0.2, 0.25) is 0 Å². The van der Waals surface area contributed by atoms with Crippen LogP contribution < -0.4 is 15.5 Å². The highest BCUT2D eigenvalue weighted by molar-refractivity contribution is 7.90. The van der Waals surface area contributed by atoms with Crippen molar-refractivity contribution in [2.45, 2.75) is 24.8 Å². The Kier molecular flexibility index (Phi) is 7.45. The first-order valence-electron chi connectivity index (χ1n) is 11.4. The highest BCUT2D eigenvalue weighted by Gasteiger charge is 2.25. The summed E-state index contributed by atoms with van der Waals surface area (Å²) in [4.78, 5) is 27.4.